The van der Waals surface area contributed by atoms with Crippen LogP contribution in [0.25, 0.3) is 0 Å². The van der Waals surface area contributed by atoms with Crippen molar-refractivity contribution in [3.63, 3.8) is 0 Å². The van der Waals surface area contributed by atoms with E-state index in [1.165, 1.54) is 12.3 Å². The Kier molecular flexibility index (Phi) is 5.01. The van der Waals surface area contributed by atoms with E-state index in [1.54, 1.807) is 13.2 Å². The van der Waals surface area contributed by atoms with E-state index in [9.17, 15) is 14.3 Å². The number of halogens is 1. The first-order valence-corrected chi connectivity index (χ1v) is 7.19. The van der Waals surface area contributed by atoms with E-state index >= 15 is 0 Å². The highest BCUT2D eigenvalue weighted by molar-refractivity contribution is 9.10. The van der Waals surface area contributed by atoms with Crippen LogP contribution >= 0.6 is 15.9 Å². The number of nitrogens with zero attached hydrogens (tertiary/aromatic N) is 2. The average molecular weight is 322 g/mol. The normalized spacial score (nSPS) is 14.1. The van der Waals surface area contributed by atoms with Crippen molar-refractivity contribution in [2.75, 3.05) is 18.1 Å². The first kappa shape index (κ1) is 14.0. The third kappa shape index (κ3) is 4.04. The summed E-state index contributed by atoms with van der Waals surface area (Å²) in [6.45, 7) is 2.17. The number of anilines is 1. The van der Waals surface area contributed by atoms with Crippen LogP contribution in [0.15, 0.2) is 16.7 Å². The Morgan fingerprint density at radius 1 is 1.71 bits per heavy atom. The largest absolute Gasteiger partial charge is 0.363 e. The molecule has 1 aromatic heterocycles. The SMILES string of the molecule is CC(CNc1ncc(Br)cc1[N+](=O)[O-])S(C)=O. The van der Waals surface area contributed by atoms with Crippen LogP contribution in [0.5, 0.6) is 0 Å². The molecule has 0 saturated heterocycles. The zero-order valence-electron chi connectivity index (χ0n) is 9.34. The summed E-state index contributed by atoms with van der Waals surface area (Å²) in [7, 11) is -0.975. The standard InChI is InChI=1S/C9H12BrN3O3S/c1-6(17(2)16)4-11-9-8(13(14)15)3-7(10)5-12-9/h3,5-6H,4H2,1-2H3,(H,11,12). The summed E-state index contributed by atoms with van der Waals surface area (Å²) in [5, 5.41) is 13.5. The van der Waals surface area contributed by atoms with Crippen molar-refractivity contribution < 1.29 is 9.13 Å². The number of rotatable bonds is 5. The Bertz CT molecular complexity index is 455. The van der Waals surface area contributed by atoms with Gasteiger partial charge in [0.1, 0.15) is 0 Å². The van der Waals surface area contributed by atoms with Crippen molar-refractivity contribution >= 4 is 38.2 Å². The molecule has 0 fully saturated rings. The second-order valence-corrected chi connectivity index (χ2v) is 6.19. The van der Waals surface area contributed by atoms with Gasteiger partial charge in [0.2, 0.25) is 5.82 Å². The lowest BCUT2D eigenvalue weighted by Crippen LogP contribution is -2.21. The lowest BCUT2D eigenvalue weighted by atomic mass is 10.4. The van der Waals surface area contributed by atoms with Crippen molar-refractivity contribution in [2.45, 2.75) is 12.2 Å². The smallest absolute Gasteiger partial charge is 0.312 e. The second-order valence-electron chi connectivity index (χ2n) is 3.47. The Balaban J connectivity index is 2.84. The summed E-state index contributed by atoms with van der Waals surface area (Å²) < 4.78 is 11.7. The summed E-state index contributed by atoms with van der Waals surface area (Å²) in [5.41, 5.74) is -0.103. The van der Waals surface area contributed by atoms with Gasteiger partial charge in [0.25, 0.3) is 0 Å². The molecule has 0 aromatic carbocycles. The lowest BCUT2D eigenvalue weighted by molar-refractivity contribution is -0.384. The van der Waals surface area contributed by atoms with Gasteiger partial charge in [-0.2, -0.15) is 0 Å². The maximum atomic E-state index is 11.1. The summed E-state index contributed by atoms with van der Waals surface area (Å²) in [6, 6.07) is 1.38. The van der Waals surface area contributed by atoms with Crippen LogP contribution in [0.4, 0.5) is 11.5 Å². The fourth-order valence-electron chi connectivity index (χ4n) is 1.06. The zero-order chi connectivity index (χ0) is 13.0. The summed E-state index contributed by atoms with van der Waals surface area (Å²) in [4.78, 5) is 14.2. The lowest BCUT2D eigenvalue weighted by Gasteiger charge is -2.10. The molecule has 0 amide bonds. The summed E-state index contributed by atoms with van der Waals surface area (Å²) in [6.07, 6.45) is 3.07. The topological polar surface area (TPSA) is 85.1 Å². The minimum absolute atomic E-state index is 0.0972. The maximum absolute atomic E-state index is 11.1. The van der Waals surface area contributed by atoms with E-state index in [1.807, 2.05) is 0 Å². The first-order chi connectivity index (χ1) is 7.91. The highest BCUT2D eigenvalue weighted by Crippen LogP contribution is 2.25. The predicted molar refractivity (Wildman–Crippen MR) is 70.6 cm³/mol. The van der Waals surface area contributed by atoms with E-state index in [0.29, 0.717) is 11.0 Å². The van der Waals surface area contributed by atoms with Crippen LogP contribution in [0.3, 0.4) is 0 Å². The van der Waals surface area contributed by atoms with E-state index in [-0.39, 0.29) is 16.8 Å². The Morgan fingerprint density at radius 2 is 2.35 bits per heavy atom. The van der Waals surface area contributed by atoms with Crippen LogP contribution in [-0.4, -0.2) is 32.2 Å². The van der Waals surface area contributed by atoms with Gasteiger partial charge in [0.05, 0.1) is 4.92 Å². The van der Waals surface area contributed by atoms with E-state index in [2.05, 4.69) is 26.2 Å². The van der Waals surface area contributed by atoms with Crippen molar-refractivity contribution in [1.82, 2.24) is 4.98 Å². The Labute approximate surface area is 110 Å². The fraction of sp³-hybridized carbons (Fsp3) is 0.444. The third-order valence-corrected chi connectivity index (χ3v) is 3.89. The van der Waals surface area contributed by atoms with Crippen molar-refractivity contribution in [1.29, 1.82) is 0 Å². The van der Waals surface area contributed by atoms with E-state index in [4.69, 9.17) is 0 Å². The summed E-state index contributed by atoms with van der Waals surface area (Å²) in [5.74, 6) is 0.190. The maximum Gasteiger partial charge on any atom is 0.312 e. The van der Waals surface area contributed by atoms with Crippen LogP contribution in [0.1, 0.15) is 6.92 Å². The molecule has 94 valence electrons. The minimum Gasteiger partial charge on any atom is -0.363 e. The molecule has 0 aliphatic heterocycles. The second kappa shape index (κ2) is 6.06. The fourth-order valence-corrected chi connectivity index (χ4v) is 1.70. The van der Waals surface area contributed by atoms with Gasteiger partial charge in [0.15, 0.2) is 0 Å². The van der Waals surface area contributed by atoms with Crippen LogP contribution < -0.4 is 5.32 Å². The molecule has 6 nitrogen and oxygen atoms in total. The van der Waals surface area contributed by atoms with Gasteiger partial charge >= 0.3 is 5.69 Å². The molecular formula is C9H12BrN3O3S. The predicted octanol–water partition coefficient (Wildman–Crippen LogP) is 1.93. The van der Waals surface area contributed by atoms with Crippen molar-refractivity contribution in [3.8, 4) is 0 Å². The van der Waals surface area contributed by atoms with E-state index < -0.39 is 15.7 Å². The monoisotopic (exact) mass is 321 g/mol. The van der Waals surface area contributed by atoms with Crippen LogP contribution in [0.2, 0.25) is 0 Å². The number of nitro groups is 1. The number of aromatic nitrogens is 1. The molecule has 0 aliphatic rings. The summed E-state index contributed by atoms with van der Waals surface area (Å²) >= 11 is 3.12. The Morgan fingerprint density at radius 3 is 2.88 bits per heavy atom. The quantitative estimate of drug-likeness (QED) is 0.661. The molecule has 1 rings (SSSR count). The molecule has 0 spiro atoms. The molecule has 8 heteroatoms. The van der Waals surface area contributed by atoms with Gasteiger partial charge in [-0.3, -0.25) is 14.3 Å². The van der Waals surface area contributed by atoms with Gasteiger partial charge in [0, 0.05) is 45.6 Å². The third-order valence-electron chi connectivity index (χ3n) is 2.15. The van der Waals surface area contributed by atoms with Crippen molar-refractivity contribution in [3.05, 3.63) is 26.9 Å². The van der Waals surface area contributed by atoms with Gasteiger partial charge in [-0.25, -0.2) is 4.98 Å². The van der Waals surface area contributed by atoms with Gasteiger partial charge < -0.3 is 5.32 Å². The molecule has 1 N–H and O–H groups in total. The van der Waals surface area contributed by atoms with Gasteiger partial charge in [-0.05, 0) is 22.9 Å². The van der Waals surface area contributed by atoms with Crippen LogP contribution in [-0.2, 0) is 10.8 Å². The molecule has 0 saturated carbocycles. The first-order valence-electron chi connectivity index (χ1n) is 4.78. The molecular weight excluding hydrogens is 310 g/mol. The van der Waals surface area contributed by atoms with E-state index in [0.717, 1.165) is 0 Å². The molecule has 1 aromatic rings. The molecule has 2 atom stereocenters. The van der Waals surface area contributed by atoms with Gasteiger partial charge in [-0.1, -0.05) is 0 Å². The molecule has 0 bridgehead atoms. The number of hydrogen-bond donors (Lipinski definition) is 1. The zero-order valence-corrected chi connectivity index (χ0v) is 11.7. The highest BCUT2D eigenvalue weighted by atomic mass is 79.9. The van der Waals surface area contributed by atoms with Crippen molar-refractivity contribution in [2.24, 2.45) is 0 Å². The highest BCUT2D eigenvalue weighted by Gasteiger charge is 2.16. The average Bonchev–Trinajstić information content (AvgIpc) is 2.26. The Hall–Kier alpha value is -1.02. The number of pyridine rings is 1. The number of nitrogens with one attached hydrogen (secondary N) is 1. The molecule has 17 heavy (non-hydrogen) atoms. The molecule has 0 aliphatic carbocycles. The molecule has 2 unspecified atom stereocenters. The van der Waals surface area contributed by atoms with Gasteiger partial charge in [-0.15, -0.1) is 0 Å². The minimum atomic E-state index is -0.975. The molecule has 1 heterocycles. The van der Waals surface area contributed by atoms with Crippen LogP contribution in [0, 0.1) is 10.1 Å². The molecule has 0 radical (unpaired) electrons. The number of hydrogen-bond acceptors (Lipinski definition) is 5.